The molecule has 2 aromatic carbocycles. The van der Waals surface area contributed by atoms with Crippen LogP contribution in [0.2, 0.25) is 0 Å². The van der Waals surface area contributed by atoms with Gasteiger partial charge in [-0.1, -0.05) is 0 Å². The van der Waals surface area contributed by atoms with Gasteiger partial charge in [-0.2, -0.15) is 20.2 Å². The zero-order chi connectivity index (χ0) is 51.9. The summed E-state index contributed by atoms with van der Waals surface area (Å²) in [5.74, 6) is 0.786. The molecule has 0 atom stereocenters. The number of nitrogens with one attached hydrogen (secondary N) is 3. The first-order valence-corrected chi connectivity index (χ1v) is 22.4. The number of rotatable bonds is 9. The molecule has 0 spiro atoms. The van der Waals surface area contributed by atoms with E-state index in [1.807, 2.05) is 101 Å². The van der Waals surface area contributed by atoms with E-state index < -0.39 is 17.9 Å². The fourth-order valence-electron chi connectivity index (χ4n) is 6.87. The van der Waals surface area contributed by atoms with E-state index in [0.29, 0.717) is 23.3 Å². The normalized spacial score (nSPS) is 12.6. The van der Waals surface area contributed by atoms with Crippen LogP contribution in [0.3, 0.4) is 0 Å². The van der Waals surface area contributed by atoms with E-state index in [1.165, 1.54) is 18.1 Å². The number of halogens is 1. The van der Waals surface area contributed by atoms with Crippen LogP contribution in [0.4, 0.5) is 23.3 Å². The minimum atomic E-state index is -0.639. The molecule has 383 valence electrons. The Bertz CT molecular complexity index is 3120. The molecular weight excluding hydrogens is 986 g/mol. The number of benzene rings is 2. The van der Waals surface area contributed by atoms with Crippen molar-refractivity contribution in [2.75, 3.05) is 36.8 Å². The number of aliphatic hydroxyl groups is 2. The Morgan fingerprint density at radius 2 is 1.19 bits per heavy atom. The molecule has 3 radical (unpaired) electrons. The van der Waals surface area contributed by atoms with Crippen molar-refractivity contribution in [3.05, 3.63) is 120 Å². The molecule has 2 aliphatic rings. The van der Waals surface area contributed by atoms with Crippen molar-refractivity contribution >= 4 is 89.7 Å². The second-order valence-corrected chi connectivity index (χ2v) is 16.5. The molecule has 10 rings (SSSR count). The predicted octanol–water partition coefficient (Wildman–Crippen LogP) is 1.44. The van der Waals surface area contributed by atoms with Gasteiger partial charge >= 0.3 is 41.5 Å². The summed E-state index contributed by atoms with van der Waals surface area (Å²) in [5, 5.41) is 37.9. The number of carbonyl (C=O) groups is 4. The standard InChI is InChI=1S/C21H23N7O.C18H16N6O.C4H6O4.C3H7NO.C2H3BO2.ClH.Na/c1-14-9-28(11-16(14)10-27-12-18(29)13-27)20-5-6-22-21(25-20)24-17-3-4-19-15(7-17)8-23-26(19)2;1-12-9-24(10-14(12)11-25)17-5-6-19-18(22-17)21-15-3-4-16-13(7-15)8-20-23(16)2;1-3(5)7-8-4(2)6;5-3-1-4-2-3;1-2(4)5-3;;/h3-9,11,18,29H,10,12-13H2,1-2H3,(H,22,24,25);3-11H,1-2H3,(H,19,21,22);1-2H3;3-5H,1-2H2;1H3;1H;/q;;;;-1;;+1. The molecular formula is C48H56BClN14NaO9. The Morgan fingerprint density at radius 3 is 1.58 bits per heavy atom. The van der Waals surface area contributed by atoms with Crippen LogP contribution in [-0.4, -0.2) is 134 Å². The Hall–Kier alpha value is -7.03. The van der Waals surface area contributed by atoms with Gasteiger partial charge in [0.25, 0.3) is 0 Å². The van der Waals surface area contributed by atoms with E-state index in [-0.39, 0.29) is 54.2 Å². The van der Waals surface area contributed by atoms with Gasteiger partial charge in [0, 0.05) is 132 Å². The molecule has 0 amide bonds. The summed E-state index contributed by atoms with van der Waals surface area (Å²) >= 11 is 0. The van der Waals surface area contributed by atoms with Crippen molar-refractivity contribution in [3.63, 3.8) is 0 Å². The summed E-state index contributed by atoms with van der Waals surface area (Å²) < 4.78 is 11.1. The fraction of sp³-hybridized carbons (Fsp3) is 0.292. The summed E-state index contributed by atoms with van der Waals surface area (Å²) in [5.41, 5.74) is 7.95. The minimum absolute atomic E-state index is 0. The number of aldehydes is 1. The molecule has 0 aliphatic carbocycles. The van der Waals surface area contributed by atoms with Crippen molar-refractivity contribution in [3.8, 4) is 11.6 Å². The second kappa shape index (κ2) is 28.4. The maximum absolute atomic E-state index is 11.0. The van der Waals surface area contributed by atoms with Crippen LogP contribution < -0.4 is 45.5 Å². The van der Waals surface area contributed by atoms with E-state index in [4.69, 9.17) is 5.11 Å². The second-order valence-electron chi connectivity index (χ2n) is 16.5. The molecule has 8 aromatic rings. The van der Waals surface area contributed by atoms with Gasteiger partial charge in [-0.3, -0.25) is 23.9 Å². The Morgan fingerprint density at radius 1 is 0.730 bits per heavy atom. The third kappa shape index (κ3) is 17.3. The average Bonchev–Trinajstić information content (AvgIpc) is 4.12. The van der Waals surface area contributed by atoms with Crippen LogP contribution in [0, 0.1) is 13.8 Å². The molecule has 74 heavy (non-hydrogen) atoms. The summed E-state index contributed by atoms with van der Waals surface area (Å²) in [7, 11) is 8.16. The Labute approximate surface area is 455 Å². The summed E-state index contributed by atoms with van der Waals surface area (Å²) in [6.07, 6.45) is 15.5. The summed E-state index contributed by atoms with van der Waals surface area (Å²) in [6, 6.07) is 15.7. The molecule has 0 saturated carbocycles. The third-order valence-corrected chi connectivity index (χ3v) is 10.7. The number of aryl methyl sites for hydroxylation is 4. The molecule has 2 saturated heterocycles. The molecule has 23 nitrogen and oxygen atoms in total. The number of carbonyl (C=O) groups excluding carboxylic acids is 4. The van der Waals surface area contributed by atoms with E-state index in [1.54, 1.807) is 24.7 Å². The number of β-amino-alcohol motifs (C(OH)–C–C–N with tert-alkyl or cyclic N) is 2. The molecule has 8 heterocycles. The largest absolute Gasteiger partial charge is 1.00 e. The number of hydrogen-bond acceptors (Lipinski definition) is 19. The van der Waals surface area contributed by atoms with Crippen molar-refractivity contribution in [1.82, 2.24) is 58.8 Å². The number of aromatic nitrogens is 10. The van der Waals surface area contributed by atoms with Crippen molar-refractivity contribution in [1.29, 1.82) is 0 Å². The van der Waals surface area contributed by atoms with E-state index >= 15 is 0 Å². The van der Waals surface area contributed by atoms with Crippen molar-refractivity contribution < 1.29 is 73.4 Å². The predicted molar refractivity (Wildman–Crippen MR) is 274 cm³/mol. The van der Waals surface area contributed by atoms with Crippen molar-refractivity contribution in [2.45, 2.75) is 53.4 Å². The fourth-order valence-corrected chi connectivity index (χ4v) is 6.87. The van der Waals surface area contributed by atoms with Gasteiger partial charge in [-0.25, -0.2) is 29.3 Å². The first-order valence-electron chi connectivity index (χ1n) is 22.4. The summed E-state index contributed by atoms with van der Waals surface area (Å²) in [4.78, 5) is 67.9. The van der Waals surface area contributed by atoms with Crippen LogP contribution in [0.1, 0.15) is 47.8 Å². The zero-order valence-electron chi connectivity index (χ0n) is 42.2. The smallest absolute Gasteiger partial charge is 0.793 e. The monoisotopic (exact) mass is 1040 g/mol. The van der Waals surface area contributed by atoms with Crippen LogP contribution in [0.15, 0.2) is 98.1 Å². The SMILES string of the molecule is CC(=O)OOC(C)=O.Cc1cn(-c2ccnc(Nc3ccc4c(cnn4C)c3)n2)cc1C=O.Cc1cn(-c2ccnc(Nc3ccc4c(cnn4C)c3)n2)cc1CN1CC(O)C1.Cl.OC1CNC1.[B-]OC(C)=O.[Na+]. The quantitative estimate of drug-likeness (QED) is 0.0592. The molecule has 0 bridgehead atoms. The number of anilines is 4. The van der Waals surface area contributed by atoms with Gasteiger partial charge in [-0.15, -0.1) is 12.4 Å². The number of likely N-dealkylation sites (tertiary alicyclic amines) is 1. The molecule has 6 aromatic heterocycles. The molecule has 26 heteroatoms. The Kier molecular flexibility index (Phi) is 22.9. The van der Waals surface area contributed by atoms with Gasteiger partial charge < -0.3 is 48.0 Å². The van der Waals surface area contributed by atoms with Crippen LogP contribution in [-0.2, 0) is 49.5 Å². The number of aliphatic hydroxyl groups excluding tert-OH is 2. The maximum Gasteiger partial charge on any atom is 1.00 e. The minimum Gasteiger partial charge on any atom is -0.793 e. The topological polar surface area (TPSA) is 273 Å². The Balaban J connectivity index is 0.000000237. The first-order chi connectivity index (χ1) is 34.5. The van der Waals surface area contributed by atoms with E-state index in [9.17, 15) is 24.3 Å². The molecule has 0 unspecified atom stereocenters. The third-order valence-electron chi connectivity index (χ3n) is 10.7. The average molecular weight is 1040 g/mol. The maximum atomic E-state index is 11.0. The van der Waals surface area contributed by atoms with Gasteiger partial charge in [-0.05, 0) is 79.1 Å². The zero-order valence-corrected chi connectivity index (χ0v) is 45.0. The van der Waals surface area contributed by atoms with Gasteiger partial charge in [0.2, 0.25) is 17.9 Å². The van der Waals surface area contributed by atoms with Crippen LogP contribution in [0.5, 0.6) is 0 Å². The van der Waals surface area contributed by atoms with E-state index in [2.05, 4.69) is 92.8 Å². The van der Waals surface area contributed by atoms with Crippen LogP contribution in [0.25, 0.3) is 33.4 Å². The number of hydrogen-bond donors (Lipinski definition) is 5. The molecule has 5 N–H and O–H groups in total. The van der Waals surface area contributed by atoms with Gasteiger partial charge in [0.05, 0.1) is 35.6 Å². The van der Waals surface area contributed by atoms with E-state index in [0.717, 1.165) is 97.4 Å². The van der Waals surface area contributed by atoms with Crippen LogP contribution >= 0.6 is 12.4 Å². The van der Waals surface area contributed by atoms with Gasteiger partial charge in [0.1, 0.15) is 11.6 Å². The summed E-state index contributed by atoms with van der Waals surface area (Å²) in [6.45, 7) is 11.4. The number of nitrogens with zero attached hydrogens (tertiary/aromatic N) is 11. The van der Waals surface area contributed by atoms with Crippen molar-refractivity contribution in [2.24, 2.45) is 14.1 Å². The number of fused-ring (bicyclic) bond motifs is 2. The van der Waals surface area contributed by atoms with Gasteiger partial charge in [0.15, 0.2) is 6.29 Å². The molecule has 2 aliphatic heterocycles. The molecule has 2 fully saturated rings. The first kappa shape index (κ1) is 59.5.